The Morgan fingerprint density at radius 1 is 1.28 bits per heavy atom. The van der Waals surface area contributed by atoms with E-state index in [1.165, 1.54) is 18.2 Å². The summed E-state index contributed by atoms with van der Waals surface area (Å²) in [7, 11) is 0. The fourth-order valence-electron chi connectivity index (χ4n) is 2.74. The Labute approximate surface area is 166 Å². The normalized spacial score (nSPS) is 14.5. The molecule has 3 rings (SSSR count). The Hall–Kier alpha value is -3.81. The molecule has 0 spiro atoms. The molecule has 0 saturated heterocycles. The van der Waals surface area contributed by atoms with Gasteiger partial charge in [0.1, 0.15) is 5.75 Å². The summed E-state index contributed by atoms with van der Waals surface area (Å²) in [6.07, 6.45) is 2.53. The maximum absolute atomic E-state index is 12.2. The summed E-state index contributed by atoms with van der Waals surface area (Å²) in [5.41, 5.74) is 1.57. The first kappa shape index (κ1) is 19.9. The molecule has 2 aromatic carbocycles. The van der Waals surface area contributed by atoms with Crippen LogP contribution >= 0.6 is 0 Å². The number of hydrogen-bond donors (Lipinski definition) is 0. The number of cyclic esters (lactones) is 1. The number of carbonyl (C=O) groups is 2. The minimum Gasteiger partial charge on any atom is -0.427 e. The third-order valence-corrected chi connectivity index (χ3v) is 4.11. The summed E-state index contributed by atoms with van der Waals surface area (Å²) >= 11 is 0. The molecule has 0 aliphatic carbocycles. The van der Waals surface area contributed by atoms with Crippen molar-refractivity contribution in [1.82, 2.24) is 0 Å². The number of nitro groups is 1. The number of hydrogen-bond acceptors (Lipinski definition) is 7. The van der Waals surface area contributed by atoms with Crippen molar-refractivity contribution in [3.05, 3.63) is 75.0 Å². The molecule has 0 atom stereocenters. The molecule has 8 heteroatoms. The Kier molecular flexibility index (Phi) is 5.82. The Morgan fingerprint density at radius 3 is 2.76 bits per heavy atom. The van der Waals surface area contributed by atoms with Crippen molar-refractivity contribution in [2.75, 3.05) is 0 Å². The Bertz CT molecular complexity index is 1050. The van der Waals surface area contributed by atoms with Gasteiger partial charge in [0.05, 0.1) is 4.92 Å². The predicted octanol–water partition coefficient (Wildman–Crippen LogP) is 3.95. The second kappa shape index (κ2) is 8.47. The molecule has 1 aliphatic heterocycles. The van der Waals surface area contributed by atoms with Gasteiger partial charge in [0, 0.05) is 23.6 Å². The lowest BCUT2D eigenvalue weighted by Gasteiger charge is -2.04. The molecule has 0 radical (unpaired) electrons. The van der Waals surface area contributed by atoms with Crippen molar-refractivity contribution < 1.29 is 24.0 Å². The van der Waals surface area contributed by atoms with Crippen molar-refractivity contribution in [3.63, 3.8) is 0 Å². The maximum Gasteiger partial charge on any atom is 0.363 e. The van der Waals surface area contributed by atoms with Crippen molar-refractivity contribution in [3.8, 4) is 5.75 Å². The molecular formula is C21H18N2O6. The highest BCUT2D eigenvalue weighted by molar-refractivity contribution is 6.13. The van der Waals surface area contributed by atoms with Crippen molar-refractivity contribution in [1.29, 1.82) is 0 Å². The van der Waals surface area contributed by atoms with Crippen LogP contribution in [0.1, 0.15) is 36.5 Å². The zero-order chi connectivity index (χ0) is 21.0. The molecule has 1 heterocycles. The quantitative estimate of drug-likeness (QED) is 0.241. The van der Waals surface area contributed by atoms with Gasteiger partial charge in [-0.3, -0.25) is 14.9 Å². The van der Waals surface area contributed by atoms with E-state index in [2.05, 4.69) is 4.99 Å². The van der Waals surface area contributed by atoms with Crippen LogP contribution in [-0.4, -0.2) is 22.8 Å². The summed E-state index contributed by atoms with van der Waals surface area (Å²) < 4.78 is 10.4. The van der Waals surface area contributed by atoms with Gasteiger partial charge in [-0.2, -0.15) is 0 Å². The molecule has 0 N–H and O–H groups in total. The average Bonchev–Trinajstić information content (AvgIpc) is 3.02. The van der Waals surface area contributed by atoms with Gasteiger partial charge in [0.25, 0.3) is 5.69 Å². The van der Waals surface area contributed by atoms with Crippen LogP contribution < -0.4 is 4.74 Å². The van der Waals surface area contributed by atoms with Gasteiger partial charge in [-0.1, -0.05) is 19.1 Å². The van der Waals surface area contributed by atoms with Crippen LogP contribution in [0.15, 0.2) is 53.2 Å². The van der Waals surface area contributed by atoms with E-state index >= 15 is 0 Å². The molecule has 0 aromatic heterocycles. The van der Waals surface area contributed by atoms with E-state index in [1.807, 2.05) is 6.92 Å². The number of aryl methyl sites for hydroxylation is 1. The number of benzene rings is 2. The van der Waals surface area contributed by atoms with Crippen LogP contribution in [-0.2, 0) is 14.3 Å². The molecule has 0 bridgehead atoms. The number of esters is 2. The lowest BCUT2D eigenvalue weighted by Crippen LogP contribution is -2.07. The van der Waals surface area contributed by atoms with Gasteiger partial charge in [-0.15, -0.1) is 0 Å². The average molecular weight is 394 g/mol. The number of carbonyl (C=O) groups excluding carboxylic acids is 2. The first-order valence-corrected chi connectivity index (χ1v) is 8.96. The third-order valence-electron chi connectivity index (χ3n) is 4.11. The van der Waals surface area contributed by atoms with Gasteiger partial charge in [0.15, 0.2) is 5.70 Å². The molecule has 0 unspecified atom stereocenters. The van der Waals surface area contributed by atoms with Crippen molar-refractivity contribution in [2.24, 2.45) is 4.99 Å². The smallest absolute Gasteiger partial charge is 0.363 e. The first-order chi connectivity index (χ1) is 13.9. The van der Waals surface area contributed by atoms with Crippen LogP contribution in [0.4, 0.5) is 5.69 Å². The second-order valence-corrected chi connectivity index (χ2v) is 6.39. The van der Waals surface area contributed by atoms with Crippen LogP contribution in [0.2, 0.25) is 0 Å². The highest BCUT2D eigenvalue weighted by Crippen LogP contribution is 2.24. The Morgan fingerprint density at radius 2 is 2.07 bits per heavy atom. The van der Waals surface area contributed by atoms with Gasteiger partial charge in [0.2, 0.25) is 5.90 Å². The standard InChI is InChI=1S/C21H18N2O6/c1-3-5-19(24)28-16-7-4-6-14(11-16)12-17-21(25)29-20(22-17)15-8-9-18(23(26)27)13(2)10-15/h4,6-12H,3,5H2,1-2H3/b17-12-. The van der Waals surface area contributed by atoms with E-state index in [1.54, 1.807) is 37.3 Å². The number of ether oxygens (including phenoxy) is 2. The van der Waals surface area contributed by atoms with E-state index in [9.17, 15) is 19.7 Å². The maximum atomic E-state index is 12.2. The lowest BCUT2D eigenvalue weighted by atomic mass is 10.1. The third kappa shape index (κ3) is 4.73. The molecule has 0 amide bonds. The van der Waals surface area contributed by atoms with E-state index < -0.39 is 10.9 Å². The topological polar surface area (TPSA) is 108 Å². The molecular weight excluding hydrogens is 376 g/mol. The van der Waals surface area contributed by atoms with E-state index in [0.29, 0.717) is 35.3 Å². The minimum absolute atomic E-state index is 0.0242. The van der Waals surface area contributed by atoms with E-state index in [-0.39, 0.29) is 23.3 Å². The molecule has 1 aliphatic rings. The van der Waals surface area contributed by atoms with Crippen LogP contribution in [0.25, 0.3) is 6.08 Å². The van der Waals surface area contributed by atoms with Gasteiger partial charge < -0.3 is 9.47 Å². The Balaban J connectivity index is 1.84. The first-order valence-electron chi connectivity index (χ1n) is 8.96. The monoisotopic (exact) mass is 394 g/mol. The number of rotatable bonds is 6. The van der Waals surface area contributed by atoms with Gasteiger partial charge in [-0.05, 0) is 49.2 Å². The molecule has 0 fully saturated rings. The van der Waals surface area contributed by atoms with E-state index in [4.69, 9.17) is 9.47 Å². The minimum atomic E-state index is -0.635. The van der Waals surface area contributed by atoms with Gasteiger partial charge in [-0.25, -0.2) is 9.79 Å². The van der Waals surface area contributed by atoms with Crippen LogP contribution in [0, 0.1) is 17.0 Å². The lowest BCUT2D eigenvalue weighted by molar-refractivity contribution is -0.385. The summed E-state index contributed by atoms with van der Waals surface area (Å²) in [4.78, 5) is 38.5. The summed E-state index contributed by atoms with van der Waals surface area (Å²) in [6.45, 7) is 3.48. The fourth-order valence-corrected chi connectivity index (χ4v) is 2.74. The number of aliphatic imine (C=N–C) groups is 1. The molecule has 0 saturated carbocycles. The second-order valence-electron chi connectivity index (χ2n) is 6.39. The SMILES string of the molecule is CCCC(=O)Oc1cccc(/C=C2\N=C(c3ccc([N+](=O)[O-])c(C)c3)OC2=O)c1. The summed E-state index contributed by atoms with van der Waals surface area (Å²) in [6, 6.07) is 11.1. The summed E-state index contributed by atoms with van der Waals surface area (Å²) in [5.74, 6) is -0.514. The van der Waals surface area contributed by atoms with Crippen LogP contribution in [0.5, 0.6) is 5.75 Å². The summed E-state index contributed by atoms with van der Waals surface area (Å²) in [5, 5.41) is 10.9. The van der Waals surface area contributed by atoms with Crippen molar-refractivity contribution >= 4 is 29.6 Å². The zero-order valence-corrected chi connectivity index (χ0v) is 15.9. The van der Waals surface area contributed by atoms with Gasteiger partial charge >= 0.3 is 11.9 Å². The van der Waals surface area contributed by atoms with E-state index in [0.717, 1.165) is 0 Å². The highest BCUT2D eigenvalue weighted by Gasteiger charge is 2.25. The fraction of sp³-hybridized carbons (Fsp3) is 0.190. The zero-order valence-electron chi connectivity index (χ0n) is 15.9. The molecule has 2 aromatic rings. The number of nitro benzene ring substituents is 1. The molecule has 148 valence electrons. The largest absolute Gasteiger partial charge is 0.427 e. The predicted molar refractivity (Wildman–Crippen MR) is 105 cm³/mol. The number of nitrogens with zero attached hydrogens (tertiary/aromatic N) is 2. The van der Waals surface area contributed by atoms with Crippen LogP contribution in [0.3, 0.4) is 0 Å². The van der Waals surface area contributed by atoms with Crippen molar-refractivity contribution in [2.45, 2.75) is 26.7 Å². The molecule has 29 heavy (non-hydrogen) atoms. The molecule has 8 nitrogen and oxygen atoms in total. The highest BCUT2D eigenvalue weighted by atomic mass is 16.6.